The quantitative estimate of drug-likeness (QED) is 0.513. The summed E-state index contributed by atoms with van der Waals surface area (Å²) in [6, 6.07) is 12.8. The molecule has 0 unspecified atom stereocenters. The van der Waals surface area contributed by atoms with Gasteiger partial charge in [-0.25, -0.2) is 0 Å². The number of halogens is 1. The molecule has 4 rings (SSSR count). The monoisotopic (exact) mass is 454 g/mol. The summed E-state index contributed by atoms with van der Waals surface area (Å²) in [5, 5.41) is 4.55. The van der Waals surface area contributed by atoms with E-state index in [1.807, 2.05) is 18.2 Å². The molecular formula is C27H35ClN2O2. The Kier molecular flexibility index (Phi) is 7.88. The number of ether oxygens (including phenoxy) is 2. The predicted octanol–water partition coefficient (Wildman–Crippen LogP) is 6.24. The van der Waals surface area contributed by atoms with E-state index in [0.717, 1.165) is 48.9 Å². The van der Waals surface area contributed by atoms with Gasteiger partial charge in [0.15, 0.2) is 0 Å². The molecule has 0 radical (unpaired) electrons. The van der Waals surface area contributed by atoms with E-state index in [-0.39, 0.29) is 5.41 Å². The summed E-state index contributed by atoms with van der Waals surface area (Å²) in [5.41, 5.74) is 6.62. The average molecular weight is 455 g/mol. The maximum absolute atomic E-state index is 6.20. The normalized spacial score (nSPS) is 18.5. The van der Waals surface area contributed by atoms with Crippen molar-refractivity contribution in [1.82, 2.24) is 0 Å². The molecule has 0 saturated heterocycles. The minimum atomic E-state index is 0.121. The van der Waals surface area contributed by atoms with E-state index < -0.39 is 0 Å². The fraction of sp³-hybridized carbons (Fsp3) is 0.519. The molecule has 1 heterocycles. The lowest BCUT2D eigenvalue weighted by molar-refractivity contribution is 0.198. The SMILES string of the molecule is COCCc1cc2c(cc1CCOC)NC(=NCc1cccc(Cl)c1)C1(CCCCC1)C2. The molecule has 1 spiro atoms. The highest BCUT2D eigenvalue weighted by Crippen LogP contribution is 2.45. The van der Waals surface area contributed by atoms with Gasteiger partial charge in [-0.1, -0.05) is 49.1 Å². The molecule has 1 saturated carbocycles. The Labute approximate surface area is 197 Å². The highest BCUT2D eigenvalue weighted by molar-refractivity contribution is 6.30. The highest BCUT2D eigenvalue weighted by Gasteiger charge is 2.41. The summed E-state index contributed by atoms with van der Waals surface area (Å²) in [4.78, 5) is 5.14. The molecule has 4 nitrogen and oxygen atoms in total. The van der Waals surface area contributed by atoms with E-state index in [0.29, 0.717) is 6.54 Å². The summed E-state index contributed by atoms with van der Waals surface area (Å²) in [6.07, 6.45) is 9.18. The smallest absolute Gasteiger partial charge is 0.108 e. The third-order valence-electron chi connectivity index (χ3n) is 6.98. The average Bonchev–Trinajstić information content (AvgIpc) is 2.80. The zero-order valence-electron chi connectivity index (χ0n) is 19.4. The molecule has 1 N–H and O–H groups in total. The van der Waals surface area contributed by atoms with Gasteiger partial charge in [0.25, 0.3) is 0 Å². The molecule has 1 aliphatic heterocycles. The lowest BCUT2D eigenvalue weighted by Gasteiger charge is -2.43. The van der Waals surface area contributed by atoms with Crippen molar-refractivity contribution in [3.05, 3.63) is 63.7 Å². The van der Waals surface area contributed by atoms with E-state index in [2.05, 4.69) is 23.5 Å². The number of methoxy groups -OCH3 is 2. The number of nitrogens with zero attached hydrogens (tertiary/aromatic N) is 1. The summed E-state index contributed by atoms with van der Waals surface area (Å²) < 4.78 is 10.8. The van der Waals surface area contributed by atoms with Crippen molar-refractivity contribution in [3.63, 3.8) is 0 Å². The molecular weight excluding hydrogens is 420 g/mol. The number of rotatable bonds is 8. The standard InChI is InChI=1S/C27H35ClN2O2/c1-31-13-9-21-16-23-18-27(11-4-3-5-12-27)26(29-19-20-7-6-8-24(28)15-20)30-25(23)17-22(21)10-14-32-2/h6-8,15-17H,3-5,9-14,18-19H2,1-2H3,(H,29,30). The van der Waals surface area contributed by atoms with E-state index >= 15 is 0 Å². The maximum Gasteiger partial charge on any atom is 0.108 e. The number of hydrogen-bond donors (Lipinski definition) is 1. The number of hydrogen-bond acceptors (Lipinski definition) is 3. The van der Waals surface area contributed by atoms with E-state index in [9.17, 15) is 0 Å². The first-order chi connectivity index (χ1) is 15.6. The summed E-state index contributed by atoms with van der Waals surface area (Å²) in [5.74, 6) is 1.16. The van der Waals surface area contributed by atoms with Crippen molar-refractivity contribution in [2.24, 2.45) is 10.4 Å². The molecule has 2 aliphatic rings. The van der Waals surface area contributed by atoms with E-state index in [1.165, 1.54) is 54.5 Å². The minimum Gasteiger partial charge on any atom is -0.384 e. The van der Waals surface area contributed by atoms with Gasteiger partial charge in [0.05, 0.1) is 19.8 Å². The van der Waals surface area contributed by atoms with Gasteiger partial charge in [0.1, 0.15) is 5.84 Å². The van der Waals surface area contributed by atoms with Crippen molar-refractivity contribution in [2.45, 2.75) is 57.9 Å². The van der Waals surface area contributed by atoms with Gasteiger partial charge in [-0.15, -0.1) is 0 Å². The molecule has 172 valence electrons. The Bertz CT molecular complexity index is 951. The van der Waals surface area contributed by atoms with Gasteiger partial charge >= 0.3 is 0 Å². The first kappa shape index (κ1) is 23.3. The van der Waals surface area contributed by atoms with Gasteiger partial charge in [-0.3, -0.25) is 4.99 Å². The number of anilines is 1. The number of benzene rings is 2. The second-order valence-electron chi connectivity index (χ2n) is 9.20. The molecule has 1 fully saturated rings. The second kappa shape index (κ2) is 10.8. The van der Waals surface area contributed by atoms with Crippen molar-refractivity contribution in [3.8, 4) is 0 Å². The zero-order chi connectivity index (χ0) is 22.4. The molecule has 0 bridgehead atoms. The third-order valence-corrected chi connectivity index (χ3v) is 7.22. The zero-order valence-corrected chi connectivity index (χ0v) is 20.1. The van der Waals surface area contributed by atoms with Crippen LogP contribution in [0.1, 0.15) is 54.4 Å². The molecule has 2 aromatic carbocycles. The fourth-order valence-electron chi connectivity index (χ4n) is 5.26. The third kappa shape index (κ3) is 5.36. The summed E-state index contributed by atoms with van der Waals surface area (Å²) in [6.45, 7) is 2.12. The minimum absolute atomic E-state index is 0.121. The number of fused-ring (bicyclic) bond motifs is 1. The predicted molar refractivity (Wildman–Crippen MR) is 133 cm³/mol. The topological polar surface area (TPSA) is 42.9 Å². The number of nitrogens with one attached hydrogen (secondary N) is 1. The van der Waals surface area contributed by atoms with Gasteiger partial charge in [-0.05, 0) is 72.6 Å². The number of amidine groups is 1. The Morgan fingerprint density at radius 3 is 2.38 bits per heavy atom. The maximum atomic E-state index is 6.20. The van der Waals surface area contributed by atoms with E-state index in [1.54, 1.807) is 14.2 Å². The lowest BCUT2D eigenvalue weighted by atomic mass is 9.67. The number of aliphatic imine (C=N–C) groups is 1. The van der Waals surface area contributed by atoms with Crippen molar-refractivity contribution >= 4 is 23.1 Å². The van der Waals surface area contributed by atoms with Crippen LogP contribution in [0.5, 0.6) is 0 Å². The highest BCUT2D eigenvalue weighted by atomic mass is 35.5. The first-order valence-electron chi connectivity index (χ1n) is 11.8. The summed E-state index contributed by atoms with van der Waals surface area (Å²) >= 11 is 6.20. The van der Waals surface area contributed by atoms with Crippen LogP contribution in [-0.4, -0.2) is 33.3 Å². The summed E-state index contributed by atoms with van der Waals surface area (Å²) in [7, 11) is 3.54. The van der Waals surface area contributed by atoms with Crippen LogP contribution >= 0.6 is 11.6 Å². The van der Waals surface area contributed by atoms with Crippen LogP contribution in [0.15, 0.2) is 41.4 Å². The van der Waals surface area contributed by atoms with Crippen LogP contribution in [0, 0.1) is 5.41 Å². The van der Waals surface area contributed by atoms with Gasteiger partial charge in [-0.2, -0.15) is 0 Å². The lowest BCUT2D eigenvalue weighted by Crippen LogP contribution is -2.43. The molecule has 0 atom stereocenters. The molecule has 5 heteroatoms. The molecule has 2 aromatic rings. The van der Waals surface area contributed by atoms with Crippen LogP contribution in [0.4, 0.5) is 5.69 Å². The van der Waals surface area contributed by atoms with Gasteiger partial charge < -0.3 is 14.8 Å². The van der Waals surface area contributed by atoms with Crippen LogP contribution in [0.25, 0.3) is 0 Å². The van der Waals surface area contributed by atoms with Crippen molar-refractivity contribution in [1.29, 1.82) is 0 Å². The molecule has 1 aliphatic carbocycles. The largest absolute Gasteiger partial charge is 0.384 e. The molecule has 32 heavy (non-hydrogen) atoms. The van der Waals surface area contributed by atoms with Gasteiger partial charge in [0, 0.05) is 30.3 Å². The molecule has 0 aromatic heterocycles. The Hall–Kier alpha value is -1.88. The van der Waals surface area contributed by atoms with Crippen LogP contribution in [-0.2, 0) is 35.3 Å². The van der Waals surface area contributed by atoms with Crippen molar-refractivity contribution in [2.75, 3.05) is 32.8 Å². The Morgan fingerprint density at radius 1 is 0.969 bits per heavy atom. The van der Waals surface area contributed by atoms with Crippen molar-refractivity contribution < 1.29 is 9.47 Å². The molecule has 0 amide bonds. The fourth-order valence-corrected chi connectivity index (χ4v) is 5.47. The van der Waals surface area contributed by atoms with Gasteiger partial charge in [0.2, 0.25) is 0 Å². The Balaban J connectivity index is 1.67. The first-order valence-corrected chi connectivity index (χ1v) is 12.2. The second-order valence-corrected chi connectivity index (χ2v) is 9.64. The van der Waals surface area contributed by atoms with Crippen LogP contribution in [0.2, 0.25) is 5.02 Å². The Morgan fingerprint density at radius 2 is 1.69 bits per heavy atom. The van der Waals surface area contributed by atoms with E-state index in [4.69, 9.17) is 26.1 Å². The van der Waals surface area contributed by atoms with Crippen LogP contribution < -0.4 is 5.32 Å². The van der Waals surface area contributed by atoms with Crippen LogP contribution in [0.3, 0.4) is 0 Å².